The summed E-state index contributed by atoms with van der Waals surface area (Å²) in [6, 6.07) is 9.30. The van der Waals surface area contributed by atoms with Gasteiger partial charge in [0, 0.05) is 42.8 Å². The Hall–Kier alpha value is -2.76. The van der Waals surface area contributed by atoms with E-state index in [1.807, 2.05) is 51.0 Å². The normalized spacial score (nSPS) is 10.7. The van der Waals surface area contributed by atoms with Gasteiger partial charge >= 0.3 is 0 Å². The Kier molecular flexibility index (Phi) is 5.51. The fourth-order valence-corrected chi connectivity index (χ4v) is 2.98. The van der Waals surface area contributed by atoms with Crippen LogP contribution in [0.1, 0.15) is 52.0 Å². The Balaban J connectivity index is 2.09. The number of nitrogens with zero attached hydrogens (tertiary/aromatic N) is 2. The quantitative estimate of drug-likeness (QED) is 0.840. The van der Waals surface area contributed by atoms with Crippen molar-refractivity contribution in [3.8, 4) is 0 Å². The van der Waals surface area contributed by atoms with Crippen molar-refractivity contribution >= 4 is 17.5 Å². The van der Waals surface area contributed by atoms with Crippen LogP contribution in [0, 0.1) is 13.8 Å². The van der Waals surface area contributed by atoms with E-state index in [0.29, 0.717) is 11.1 Å². The molecule has 0 bridgehead atoms. The minimum absolute atomic E-state index is 0.268. The van der Waals surface area contributed by atoms with E-state index in [4.69, 9.17) is 0 Å². The second kappa shape index (κ2) is 7.42. The molecule has 2 rings (SSSR count). The zero-order valence-electron chi connectivity index (χ0n) is 15.7. The van der Waals surface area contributed by atoms with E-state index < -0.39 is 0 Å². The molecule has 0 aliphatic heterocycles. The van der Waals surface area contributed by atoms with Gasteiger partial charge in [0.1, 0.15) is 0 Å². The summed E-state index contributed by atoms with van der Waals surface area (Å²) in [5, 5.41) is 0. The summed E-state index contributed by atoms with van der Waals surface area (Å²) in [5.41, 5.74) is 8.85. The standard InChI is InChI=1S/C19H26N4O2/c1-12(2)23-13(3)10-17(14(23)4)19(25)21-20-18(24)15-8-7-9-16(11-15)22(5)6/h7-12H,1-6H3,(H,20,24)(H,21,25). The topological polar surface area (TPSA) is 66.4 Å². The molecule has 0 saturated carbocycles. The first-order valence-electron chi connectivity index (χ1n) is 8.29. The fourth-order valence-electron chi connectivity index (χ4n) is 2.98. The van der Waals surface area contributed by atoms with Crippen molar-refractivity contribution in [3.05, 3.63) is 52.8 Å². The number of carbonyl (C=O) groups excluding carboxylic acids is 2. The number of aryl methyl sites for hydroxylation is 1. The molecule has 2 aromatic rings. The van der Waals surface area contributed by atoms with Crippen molar-refractivity contribution in [3.63, 3.8) is 0 Å². The van der Waals surface area contributed by atoms with Gasteiger partial charge in [0.25, 0.3) is 11.8 Å². The second-order valence-corrected chi connectivity index (χ2v) is 6.60. The van der Waals surface area contributed by atoms with Crippen LogP contribution >= 0.6 is 0 Å². The first-order chi connectivity index (χ1) is 11.7. The van der Waals surface area contributed by atoms with Gasteiger partial charge in [0.05, 0.1) is 5.56 Å². The summed E-state index contributed by atoms with van der Waals surface area (Å²) in [6.45, 7) is 8.02. The highest BCUT2D eigenvalue weighted by atomic mass is 16.2. The summed E-state index contributed by atoms with van der Waals surface area (Å²) >= 11 is 0. The molecule has 6 nitrogen and oxygen atoms in total. The molecule has 0 aliphatic rings. The van der Waals surface area contributed by atoms with Crippen LogP contribution in [0.3, 0.4) is 0 Å². The number of hydrogen-bond acceptors (Lipinski definition) is 3. The monoisotopic (exact) mass is 342 g/mol. The number of benzene rings is 1. The average Bonchev–Trinajstić information content (AvgIpc) is 2.87. The van der Waals surface area contributed by atoms with Gasteiger partial charge in [0.15, 0.2) is 0 Å². The lowest BCUT2D eigenvalue weighted by Gasteiger charge is -2.14. The molecule has 0 spiro atoms. The molecule has 0 atom stereocenters. The largest absolute Gasteiger partial charge is 0.378 e. The van der Waals surface area contributed by atoms with Gasteiger partial charge in [0.2, 0.25) is 0 Å². The Bertz CT molecular complexity index is 791. The molecule has 25 heavy (non-hydrogen) atoms. The third-order valence-corrected chi connectivity index (χ3v) is 4.16. The Morgan fingerprint density at radius 3 is 2.24 bits per heavy atom. The van der Waals surface area contributed by atoms with Crippen LogP contribution in [0.4, 0.5) is 5.69 Å². The Labute approximate surface area is 148 Å². The molecule has 0 aliphatic carbocycles. The predicted octanol–water partition coefficient (Wildman–Crippen LogP) is 2.83. The molecule has 2 amide bonds. The fraction of sp³-hybridized carbons (Fsp3) is 0.368. The van der Waals surface area contributed by atoms with Gasteiger partial charge in [-0.3, -0.25) is 20.4 Å². The molecular formula is C19H26N4O2. The first kappa shape index (κ1) is 18.6. The average molecular weight is 342 g/mol. The highest BCUT2D eigenvalue weighted by Gasteiger charge is 2.17. The van der Waals surface area contributed by atoms with Gasteiger partial charge in [-0.05, 0) is 52.0 Å². The lowest BCUT2D eigenvalue weighted by atomic mass is 10.2. The number of aromatic nitrogens is 1. The Morgan fingerprint density at radius 2 is 1.68 bits per heavy atom. The van der Waals surface area contributed by atoms with Gasteiger partial charge in [-0.2, -0.15) is 0 Å². The zero-order valence-corrected chi connectivity index (χ0v) is 15.7. The van der Waals surface area contributed by atoms with Crippen LogP contribution in [0.15, 0.2) is 30.3 Å². The van der Waals surface area contributed by atoms with E-state index in [0.717, 1.165) is 17.1 Å². The van der Waals surface area contributed by atoms with Crippen LogP contribution in [-0.4, -0.2) is 30.5 Å². The number of rotatable bonds is 4. The molecule has 134 valence electrons. The van der Waals surface area contributed by atoms with Gasteiger partial charge < -0.3 is 9.47 Å². The van der Waals surface area contributed by atoms with Crippen molar-refractivity contribution in [2.75, 3.05) is 19.0 Å². The predicted molar refractivity (Wildman–Crippen MR) is 100.0 cm³/mol. The molecule has 2 N–H and O–H groups in total. The van der Waals surface area contributed by atoms with E-state index in [9.17, 15) is 9.59 Å². The molecule has 0 fully saturated rings. The SMILES string of the molecule is Cc1cc(C(=O)NNC(=O)c2cccc(N(C)C)c2)c(C)n1C(C)C. The van der Waals surface area contributed by atoms with Crippen molar-refractivity contribution in [2.24, 2.45) is 0 Å². The van der Waals surface area contributed by atoms with Crippen LogP contribution < -0.4 is 15.8 Å². The summed E-state index contributed by atoms with van der Waals surface area (Å²) in [7, 11) is 3.81. The summed E-state index contributed by atoms with van der Waals surface area (Å²) in [4.78, 5) is 26.6. The molecule has 1 aromatic heterocycles. The first-order valence-corrected chi connectivity index (χ1v) is 8.29. The van der Waals surface area contributed by atoms with E-state index in [-0.39, 0.29) is 17.9 Å². The molecule has 1 heterocycles. The molecular weight excluding hydrogens is 316 g/mol. The number of hydrogen-bond donors (Lipinski definition) is 2. The maximum Gasteiger partial charge on any atom is 0.271 e. The molecule has 0 radical (unpaired) electrons. The van der Waals surface area contributed by atoms with E-state index in [2.05, 4.69) is 29.3 Å². The van der Waals surface area contributed by atoms with Crippen LogP contribution in [0.5, 0.6) is 0 Å². The van der Waals surface area contributed by atoms with Crippen molar-refractivity contribution in [1.29, 1.82) is 0 Å². The molecule has 6 heteroatoms. The van der Waals surface area contributed by atoms with E-state index in [1.165, 1.54) is 0 Å². The van der Waals surface area contributed by atoms with Gasteiger partial charge in [-0.15, -0.1) is 0 Å². The maximum absolute atomic E-state index is 12.4. The molecule has 0 unspecified atom stereocenters. The number of carbonyl (C=O) groups is 2. The van der Waals surface area contributed by atoms with Crippen molar-refractivity contribution in [1.82, 2.24) is 15.4 Å². The van der Waals surface area contributed by atoms with Crippen molar-refractivity contribution in [2.45, 2.75) is 33.7 Å². The number of hydrazine groups is 1. The minimum Gasteiger partial charge on any atom is -0.378 e. The minimum atomic E-state index is -0.352. The third kappa shape index (κ3) is 4.02. The lowest BCUT2D eigenvalue weighted by Crippen LogP contribution is -2.41. The lowest BCUT2D eigenvalue weighted by molar-refractivity contribution is 0.0846. The van der Waals surface area contributed by atoms with Crippen molar-refractivity contribution < 1.29 is 9.59 Å². The second-order valence-electron chi connectivity index (χ2n) is 6.60. The zero-order chi connectivity index (χ0) is 18.7. The van der Waals surface area contributed by atoms with Crippen LogP contribution in [0.25, 0.3) is 0 Å². The summed E-state index contributed by atoms with van der Waals surface area (Å²) in [5.74, 6) is -0.674. The number of anilines is 1. The Morgan fingerprint density at radius 1 is 1.04 bits per heavy atom. The van der Waals surface area contributed by atoms with Crippen LogP contribution in [-0.2, 0) is 0 Å². The maximum atomic E-state index is 12.4. The number of amides is 2. The molecule has 1 aromatic carbocycles. The van der Waals surface area contributed by atoms with Crippen LogP contribution in [0.2, 0.25) is 0 Å². The van der Waals surface area contributed by atoms with Gasteiger partial charge in [-0.25, -0.2) is 0 Å². The highest BCUT2D eigenvalue weighted by Crippen LogP contribution is 2.20. The summed E-state index contributed by atoms with van der Waals surface area (Å²) in [6.07, 6.45) is 0. The third-order valence-electron chi connectivity index (χ3n) is 4.16. The highest BCUT2D eigenvalue weighted by molar-refractivity contribution is 6.00. The van der Waals surface area contributed by atoms with Gasteiger partial charge in [-0.1, -0.05) is 6.07 Å². The summed E-state index contributed by atoms with van der Waals surface area (Å²) < 4.78 is 2.09. The number of nitrogens with one attached hydrogen (secondary N) is 2. The smallest absolute Gasteiger partial charge is 0.271 e. The van der Waals surface area contributed by atoms with E-state index in [1.54, 1.807) is 12.1 Å². The van der Waals surface area contributed by atoms with E-state index >= 15 is 0 Å². The molecule has 0 saturated heterocycles.